The molecular weight excluding hydrogens is 2080 g/mol. The van der Waals surface area contributed by atoms with Gasteiger partial charge >= 0.3 is 18.0 Å². The number of piperidine rings is 3. The zero-order valence-electron chi connectivity index (χ0n) is 76.0. The van der Waals surface area contributed by atoms with Gasteiger partial charge < -0.3 is 72.3 Å². The van der Waals surface area contributed by atoms with Gasteiger partial charge in [-0.15, -0.1) is 0 Å². The minimum Gasteiger partial charge on any atom is -0.485 e. The number of hydrogen-bond donors (Lipinski definition) is 11. The number of hydrogen-bond acceptors (Lipinski definition) is 23. The van der Waals surface area contributed by atoms with E-state index in [4.69, 9.17) is 40.6 Å². The molecule has 14 fully saturated rings. The number of likely N-dealkylation sites (tertiary alicyclic amines) is 1. The molecule has 1 aromatic carbocycles. The summed E-state index contributed by atoms with van der Waals surface area (Å²) < 4.78 is 29.7. The summed E-state index contributed by atoms with van der Waals surface area (Å²) in [7, 11) is 0. The molecule has 8 aromatic rings. The number of carboxylic acid groups (broad SMARTS) is 2. The lowest BCUT2D eigenvalue weighted by molar-refractivity contribution is -0.913. The average molecular weight is 2200 g/mol. The number of anilines is 4. The molecule has 9 aliphatic carbocycles. The van der Waals surface area contributed by atoms with Gasteiger partial charge in [0.05, 0.1) is 24.8 Å². The van der Waals surface area contributed by atoms with Gasteiger partial charge in [-0.2, -0.15) is 5.10 Å². The van der Waals surface area contributed by atoms with E-state index in [1.165, 1.54) is 110 Å². The summed E-state index contributed by atoms with van der Waals surface area (Å²) in [5, 5.41) is 57.0. The predicted molar refractivity (Wildman–Crippen MR) is 524 cm³/mol. The number of carbonyl (C=O) groups is 6. The lowest BCUT2D eigenvalue weighted by Crippen LogP contribution is -2.47. The summed E-state index contributed by atoms with van der Waals surface area (Å²) in [6.07, 6.45) is 19.9. The van der Waals surface area contributed by atoms with E-state index in [0.29, 0.717) is 98.0 Å². The van der Waals surface area contributed by atoms with Crippen molar-refractivity contribution in [1.29, 1.82) is 0 Å². The number of aliphatic carboxylic acids is 2. The van der Waals surface area contributed by atoms with Gasteiger partial charge in [-0.1, -0.05) is 30.3 Å². The van der Waals surface area contributed by atoms with Crippen LogP contribution < -0.4 is 47.5 Å². The van der Waals surface area contributed by atoms with E-state index < -0.39 is 41.9 Å². The van der Waals surface area contributed by atoms with Gasteiger partial charge in [-0.05, 0) is 405 Å². The lowest BCUT2D eigenvalue weighted by atomic mass is 10.1. The summed E-state index contributed by atoms with van der Waals surface area (Å²) in [6, 6.07) is 28.6. The van der Waals surface area contributed by atoms with Crippen molar-refractivity contribution in [2.24, 2.45) is 41.2 Å². The number of amides is 3. The number of nitrogens with one attached hydrogen (secondary N) is 5. The Hall–Kier alpha value is -7.75. The minimum absolute atomic E-state index is 0. The average Bonchev–Trinajstić information content (AvgIpc) is 1.58. The third-order valence-electron chi connectivity index (χ3n) is 24.6. The second-order valence-electron chi connectivity index (χ2n) is 39.9. The van der Waals surface area contributed by atoms with Crippen LogP contribution in [0.25, 0.3) is 10.9 Å². The molecule has 3 amide bonds. The predicted octanol–water partition coefficient (Wildman–Crippen LogP) is 17.9. The topological polar surface area (TPSA) is 422 Å². The zero-order valence-corrected chi connectivity index (χ0v) is 85.5. The summed E-state index contributed by atoms with van der Waals surface area (Å²) in [4.78, 5) is 94.4. The fourth-order valence-electron chi connectivity index (χ4n) is 17.0. The molecule has 132 heavy (non-hydrogen) atoms. The summed E-state index contributed by atoms with van der Waals surface area (Å²) in [5.74, 6) is 8.59. The molecular formula is C96H123Br6N16O14+. The van der Waals surface area contributed by atoms with E-state index in [1.807, 2.05) is 90.2 Å². The highest BCUT2D eigenvalue weighted by Crippen LogP contribution is 2.53. The van der Waals surface area contributed by atoms with Crippen molar-refractivity contribution < 1.29 is 74.4 Å². The third kappa shape index (κ3) is 28.7. The number of nitrogens with zero attached hydrogens (tertiary/aromatic N) is 9. The van der Waals surface area contributed by atoms with E-state index in [9.17, 15) is 39.1 Å². The number of ether oxygens (including phenoxy) is 4. The lowest BCUT2D eigenvalue weighted by Gasteiger charge is -2.29. The molecule has 12 heterocycles. The van der Waals surface area contributed by atoms with E-state index in [1.54, 1.807) is 29.3 Å². The van der Waals surface area contributed by atoms with Crippen molar-refractivity contribution in [2.75, 3.05) is 54.5 Å². The number of pyridine rings is 6. The van der Waals surface area contributed by atoms with Crippen LogP contribution in [0.1, 0.15) is 246 Å². The Bertz CT molecular complexity index is 5490. The molecule has 30 nitrogen and oxygen atoms in total. The van der Waals surface area contributed by atoms with Crippen molar-refractivity contribution in [3.8, 4) is 5.75 Å². The summed E-state index contributed by atoms with van der Waals surface area (Å²) in [6.45, 7) is 21.9. The third-order valence-corrected chi connectivity index (χ3v) is 27.5. The van der Waals surface area contributed by atoms with E-state index in [2.05, 4.69) is 203 Å². The number of fused-ring (bicyclic) bond motifs is 5. The van der Waals surface area contributed by atoms with E-state index in [0.717, 1.165) is 96.9 Å². The molecule has 7 aromatic heterocycles. The summed E-state index contributed by atoms with van der Waals surface area (Å²) >= 11 is 20.0. The molecule has 5 saturated heterocycles. The molecule has 5 aliphatic heterocycles. The zero-order chi connectivity index (χ0) is 94.7. The standard InChI is InChI=1S/C19H24BrN3O3.C17H18N2O7.C14H16BrN3O.C12H17BrN2.C8H9BrN2.C8H9BrNO.C8H8BrN.C6H9NO2.C4H11N.H2/c1-19(2,3)26-18(25)23-9-11-8-13(11)15(23)17(24)22-16-12(10-4-5-10)6-7-14(20)21-16;1-8(20)15-10-4-9(2-3-11(10)19(18-15)5-14(22)23)26-13-7-25-16-12(21)6-24-17(13)16;15-11-4-3-9(7-1-2-7)13(17-11)18-14(19)12-10-5-8(10)6-16-12;1-12(2,3)15-11-9(8-4-5-8)6-7-10(13)14-11;9-7-4-3-6(5-1-2-5)8(10)11-7;9-8-4-3-7(5-10(8)11)6-1-2-6;9-8-4-3-7(5-10-8)6-1-2-6;8-6(9)5-4-1-3(4)2-7-5;1-4(2,3)5;/h6-7,10-11,13,15H,4-5,8-9H2,1-3H3,(H,21,22,24);2-4,12-13,16-17,21H,5-7H2,1H3,(H,22,23);3-4,7-8,10,12,16H,1-2,5-6H2,(H,17,18,19);6-8H,4-5H2,1-3H3,(H,14,15);3-5H,1-2H2,(H2,10,11);3-6,11H,1-2H2;3-6H,1-2H2;3-5,7H,1-2H2,(H,8,9);5H2,1-3H3;1H/q;;;;;+1;;;;/t11-,13-,15+;12-,13-,16-,17-;8-,10-,12+;;;;;3-,4-,5+;;/m111....1../s1. The smallest absolute Gasteiger partial charge is 0.410 e. The maximum Gasteiger partial charge on any atom is 0.410 e. The first-order chi connectivity index (χ1) is 62.5. The molecule has 9 saturated carbocycles. The van der Waals surface area contributed by atoms with Crippen LogP contribution in [0.4, 0.5) is 28.1 Å². The van der Waals surface area contributed by atoms with Crippen LogP contribution in [-0.2, 0) is 39.9 Å². The number of Topliss-reactive ketones (excluding diaryl/α,β-unsaturated/α-hetero) is 1. The molecule has 22 rings (SSSR count). The quantitative estimate of drug-likeness (QED) is 0.0175. The first-order valence-corrected chi connectivity index (χ1v) is 50.4. The number of benzene rings is 1. The van der Waals surface area contributed by atoms with Gasteiger partial charge in [0.15, 0.2) is 11.9 Å². The van der Waals surface area contributed by atoms with E-state index >= 15 is 0 Å². The maximum absolute atomic E-state index is 13.0. The van der Waals surface area contributed by atoms with Gasteiger partial charge in [-0.3, -0.25) is 38.8 Å². The molecule has 712 valence electrons. The van der Waals surface area contributed by atoms with Crippen molar-refractivity contribution >= 4 is 165 Å². The molecule has 0 unspecified atom stereocenters. The SMILES string of the molecule is Brc1ccc(C2CC2)cn1.CC(=O)c1nn(CC(=O)O)c2ccc(O[C@@H]3CO[C@H]4[C@@H]3OC[C@H]4O)cc12.CC(C)(C)N.CC(C)(C)Nc1nc(Br)ccc1C1CC1.CC(C)(C)OC(=O)N1C[C@H]2C[C@H]2[C@H]1C(=O)Nc1nc(Br)ccc1C1CC1.Nc1nc(Br)ccc1C1CC1.O=C(Nc1nc(Br)ccc1C1CC1)[C@H]1NC[C@H]2C[C@H]21.O=C(O)[C@H]1NC[C@H]2C[C@H]21.O[n+]1cc(C2CC2)ccc1Br.[HH]. The Balaban J connectivity index is 0.000000131. The number of carbonyl (C=O) groups excluding carboxylic acids is 4. The van der Waals surface area contributed by atoms with Gasteiger partial charge in [0.2, 0.25) is 18.0 Å². The van der Waals surface area contributed by atoms with Crippen LogP contribution in [-0.4, -0.2) is 188 Å². The number of ketones is 1. The normalized spacial score (nSPS) is 25.0. The first-order valence-electron chi connectivity index (χ1n) is 45.7. The second-order valence-corrected chi connectivity index (χ2v) is 44.7. The highest BCUT2D eigenvalue weighted by Gasteiger charge is 2.58. The minimum atomic E-state index is -1.05. The molecule has 0 bridgehead atoms. The van der Waals surface area contributed by atoms with Gasteiger partial charge in [-0.25, -0.2) is 29.7 Å². The molecule has 0 spiro atoms. The first kappa shape index (κ1) is 100. The Kier molecular flexibility index (Phi) is 32.6. The molecule has 13 atom stereocenters. The fourth-order valence-corrected chi connectivity index (χ4v) is 18.7. The Morgan fingerprint density at radius 2 is 1.07 bits per heavy atom. The number of halogens is 6. The van der Waals surface area contributed by atoms with Crippen molar-refractivity contribution in [3.63, 3.8) is 0 Å². The van der Waals surface area contributed by atoms with Crippen LogP contribution in [0.3, 0.4) is 0 Å². The van der Waals surface area contributed by atoms with Crippen molar-refractivity contribution in [3.05, 3.63) is 170 Å². The number of carboxylic acids is 2. The van der Waals surface area contributed by atoms with Crippen LogP contribution in [0, 0.1) is 35.5 Å². The number of nitrogen functional groups attached to an aromatic ring is 1. The maximum atomic E-state index is 13.0. The van der Waals surface area contributed by atoms with Crippen molar-refractivity contribution in [2.45, 2.75) is 267 Å². The van der Waals surface area contributed by atoms with Gasteiger partial charge in [0.1, 0.15) is 100 Å². The number of aliphatic hydroxyl groups excluding tert-OH is 1. The van der Waals surface area contributed by atoms with Crippen LogP contribution >= 0.6 is 95.6 Å². The van der Waals surface area contributed by atoms with Crippen LogP contribution in [0.5, 0.6) is 5.75 Å². The monoisotopic (exact) mass is 2200 g/mol. The second kappa shape index (κ2) is 42.9. The largest absolute Gasteiger partial charge is 0.485 e. The number of nitrogens with two attached hydrogens (primary N) is 2. The molecule has 14 aliphatic rings. The molecule has 36 heteroatoms. The van der Waals surface area contributed by atoms with Crippen molar-refractivity contribution in [1.82, 2.24) is 50.2 Å². The van der Waals surface area contributed by atoms with Crippen LogP contribution in [0.15, 0.2) is 131 Å². The van der Waals surface area contributed by atoms with Gasteiger partial charge in [0, 0.05) is 69.8 Å². The molecule has 0 radical (unpaired) electrons. The number of rotatable bonds is 17. The number of aliphatic hydroxyl groups is 1. The summed E-state index contributed by atoms with van der Waals surface area (Å²) in [5.41, 5.74) is 18.8. The highest BCUT2D eigenvalue weighted by molar-refractivity contribution is 9.11. The highest BCUT2D eigenvalue weighted by atomic mass is 79.9. The van der Waals surface area contributed by atoms with Crippen LogP contribution in [0.2, 0.25) is 0 Å². The van der Waals surface area contributed by atoms with E-state index in [-0.39, 0.29) is 79.2 Å². The fraction of sp³-hybridized carbons (Fsp3) is 0.552. The molecule has 13 N–H and O–H groups in total. The Morgan fingerprint density at radius 3 is 1.54 bits per heavy atom. The number of aromatic nitrogens is 8. The Labute approximate surface area is 822 Å². The Morgan fingerprint density at radius 1 is 0.583 bits per heavy atom. The van der Waals surface area contributed by atoms with Gasteiger partial charge in [0.25, 0.3) is 4.60 Å².